The van der Waals surface area contributed by atoms with E-state index in [4.69, 9.17) is 14.6 Å². The summed E-state index contributed by atoms with van der Waals surface area (Å²) in [5.41, 5.74) is -0.0291. The monoisotopic (exact) mass is 265 g/mol. The molecule has 0 aliphatic heterocycles. The minimum Gasteiger partial charge on any atom is -0.497 e. The summed E-state index contributed by atoms with van der Waals surface area (Å²) in [4.78, 5) is 22.5. The first kappa shape index (κ1) is 13.2. The molecule has 2 rings (SSSR count). The fourth-order valence-electron chi connectivity index (χ4n) is 1.57. The molecule has 0 unspecified atom stereocenters. The van der Waals surface area contributed by atoms with Gasteiger partial charge in [-0.15, -0.1) is 0 Å². The molecule has 1 saturated carbocycles. The quantitative estimate of drug-likeness (QED) is 0.803. The van der Waals surface area contributed by atoms with Crippen molar-refractivity contribution < 1.29 is 24.2 Å². The Morgan fingerprint density at radius 1 is 1.42 bits per heavy atom. The molecule has 0 heterocycles. The topological polar surface area (TPSA) is 84.9 Å². The molecule has 6 heteroatoms. The number of amides is 1. The Balaban J connectivity index is 2.01. The van der Waals surface area contributed by atoms with Crippen LogP contribution >= 0.6 is 0 Å². The molecule has 102 valence electrons. The van der Waals surface area contributed by atoms with E-state index in [9.17, 15) is 9.59 Å². The summed E-state index contributed by atoms with van der Waals surface area (Å²) in [7, 11) is 1.45. The summed E-state index contributed by atoms with van der Waals surface area (Å²) in [6.45, 7) is -0.191. The van der Waals surface area contributed by atoms with Crippen molar-refractivity contribution in [1.82, 2.24) is 5.32 Å². The van der Waals surface area contributed by atoms with E-state index in [0.29, 0.717) is 5.75 Å². The number of ether oxygens (including phenoxy) is 2. The zero-order chi connectivity index (χ0) is 13.8. The van der Waals surface area contributed by atoms with Crippen molar-refractivity contribution in [3.05, 3.63) is 23.8 Å². The highest BCUT2D eigenvalue weighted by Gasteiger charge is 2.23. The fraction of sp³-hybridized carbons (Fsp3) is 0.385. The van der Waals surface area contributed by atoms with E-state index in [-0.39, 0.29) is 29.9 Å². The third kappa shape index (κ3) is 3.61. The smallest absolute Gasteiger partial charge is 0.339 e. The molecule has 6 nitrogen and oxygen atoms in total. The van der Waals surface area contributed by atoms with Crippen molar-refractivity contribution in [2.24, 2.45) is 0 Å². The number of rotatable bonds is 6. The fourth-order valence-corrected chi connectivity index (χ4v) is 1.57. The Labute approximate surface area is 110 Å². The van der Waals surface area contributed by atoms with E-state index in [1.807, 2.05) is 0 Å². The minimum absolute atomic E-state index is 0.0291. The lowest BCUT2D eigenvalue weighted by atomic mass is 10.2. The molecule has 1 aliphatic rings. The summed E-state index contributed by atoms with van der Waals surface area (Å²) >= 11 is 0. The molecule has 0 aromatic heterocycles. The van der Waals surface area contributed by atoms with Crippen LogP contribution in [0.2, 0.25) is 0 Å². The highest BCUT2D eigenvalue weighted by molar-refractivity contribution is 5.91. The molecule has 0 bridgehead atoms. The van der Waals surface area contributed by atoms with Crippen molar-refractivity contribution >= 4 is 11.9 Å². The van der Waals surface area contributed by atoms with E-state index < -0.39 is 5.97 Å². The van der Waals surface area contributed by atoms with Crippen molar-refractivity contribution in [3.8, 4) is 11.5 Å². The maximum absolute atomic E-state index is 11.5. The van der Waals surface area contributed by atoms with Gasteiger partial charge < -0.3 is 19.9 Å². The van der Waals surface area contributed by atoms with Crippen LogP contribution in [0.4, 0.5) is 0 Å². The van der Waals surface area contributed by atoms with Crippen molar-refractivity contribution in [1.29, 1.82) is 0 Å². The maximum Gasteiger partial charge on any atom is 0.339 e. The first-order valence-corrected chi connectivity index (χ1v) is 5.93. The summed E-state index contributed by atoms with van der Waals surface area (Å²) < 4.78 is 10.2. The number of nitrogens with one attached hydrogen (secondary N) is 1. The van der Waals surface area contributed by atoms with E-state index in [1.165, 1.54) is 19.2 Å². The van der Waals surface area contributed by atoms with Gasteiger partial charge >= 0.3 is 5.97 Å². The van der Waals surface area contributed by atoms with Crippen LogP contribution in [0.3, 0.4) is 0 Å². The van der Waals surface area contributed by atoms with Gasteiger partial charge in [0.2, 0.25) is 0 Å². The lowest BCUT2D eigenvalue weighted by molar-refractivity contribution is -0.123. The van der Waals surface area contributed by atoms with Crippen molar-refractivity contribution in [3.63, 3.8) is 0 Å². The number of hydrogen-bond donors (Lipinski definition) is 2. The molecule has 0 radical (unpaired) electrons. The molecule has 0 atom stereocenters. The summed E-state index contributed by atoms with van der Waals surface area (Å²) in [6, 6.07) is 4.68. The molecule has 1 aromatic carbocycles. The molecule has 1 aromatic rings. The van der Waals surface area contributed by atoms with E-state index in [2.05, 4.69) is 5.32 Å². The Hall–Kier alpha value is -2.24. The average Bonchev–Trinajstić information content (AvgIpc) is 3.20. The predicted molar refractivity (Wildman–Crippen MR) is 66.6 cm³/mol. The van der Waals surface area contributed by atoms with Crippen LogP contribution in [-0.2, 0) is 4.79 Å². The lowest BCUT2D eigenvalue weighted by Crippen LogP contribution is -2.30. The van der Waals surface area contributed by atoms with Crippen molar-refractivity contribution in [2.75, 3.05) is 13.7 Å². The van der Waals surface area contributed by atoms with E-state index >= 15 is 0 Å². The molecule has 0 saturated heterocycles. The highest BCUT2D eigenvalue weighted by Crippen LogP contribution is 2.24. The second kappa shape index (κ2) is 5.60. The molecular formula is C13H15NO5. The number of methoxy groups -OCH3 is 1. The van der Waals surface area contributed by atoms with Crippen LogP contribution in [0.15, 0.2) is 18.2 Å². The zero-order valence-corrected chi connectivity index (χ0v) is 10.5. The maximum atomic E-state index is 11.5. The van der Waals surface area contributed by atoms with Crippen LogP contribution in [0.25, 0.3) is 0 Å². The molecular weight excluding hydrogens is 250 g/mol. The number of hydrogen-bond acceptors (Lipinski definition) is 4. The van der Waals surface area contributed by atoms with Gasteiger partial charge in [-0.1, -0.05) is 0 Å². The summed E-state index contributed by atoms with van der Waals surface area (Å²) in [6.07, 6.45) is 1.99. The normalized spacial score (nSPS) is 13.7. The van der Waals surface area contributed by atoms with Crippen LogP contribution in [0, 0.1) is 0 Å². The van der Waals surface area contributed by atoms with Crippen LogP contribution in [0.5, 0.6) is 11.5 Å². The van der Waals surface area contributed by atoms with Gasteiger partial charge in [0, 0.05) is 6.04 Å². The van der Waals surface area contributed by atoms with Crippen molar-refractivity contribution in [2.45, 2.75) is 18.9 Å². The summed E-state index contributed by atoms with van der Waals surface area (Å²) in [5, 5.41) is 11.8. The summed E-state index contributed by atoms with van der Waals surface area (Å²) in [5.74, 6) is -0.794. The first-order valence-electron chi connectivity index (χ1n) is 5.93. The Bertz CT molecular complexity index is 496. The Morgan fingerprint density at radius 2 is 2.16 bits per heavy atom. The third-order valence-corrected chi connectivity index (χ3v) is 2.72. The van der Waals surface area contributed by atoms with E-state index in [1.54, 1.807) is 6.07 Å². The molecule has 0 spiro atoms. The number of aromatic carboxylic acids is 1. The third-order valence-electron chi connectivity index (χ3n) is 2.72. The Kier molecular flexibility index (Phi) is 3.89. The number of carboxylic acids is 1. The zero-order valence-electron chi connectivity index (χ0n) is 10.5. The average molecular weight is 265 g/mol. The number of benzene rings is 1. The van der Waals surface area contributed by atoms with Gasteiger partial charge in [0.25, 0.3) is 5.91 Å². The van der Waals surface area contributed by atoms with Gasteiger partial charge in [-0.05, 0) is 31.0 Å². The molecule has 1 fully saturated rings. The second-order valence-corrected chi connectivity index (χ2v) is 4.30. The van der Waals surface area contributed by atoms with Gasteiger partial charge in [0.05, 0.1) is 7.11 Å². The molecule has 19 heavy (non-hydrogen) atoms. The number of carboxylic acid groups (broad SMARTS) is 1. The van der Waals surface area contributed by atoms with Gasteiger partial charge in [-0.25, -0.2) is 4.79 Å². The SMILES string of the molecule is COc1ccc(OCC(=O)NC2CC2)c(C(=O)O)c1. The predicted octanol–water partition coefficient (Wildman–Crippen LogP) is 1.05. The largest absolute Gasteiger partial charge is 0.497 e. The Morgan fingerprint density at radius 3 is 2.74 bits per heavy atom. The van der Waals surface area contributed by atoms with Crippen LogP contribution in [-0.4, -0.2) is 36.7 Å². The minimum atomic E-state index is -1.13. The second-order valence-electron chi connectivity index (χ2n) is 4.30. The standard InChI is InChI=1S/C13H15NO5/c1-18-9-4-5-11(10(6-9)13(16)17)19-7-12(15)14-8-2-3-8/h4-6,8H,2-3,7H2,1H3,(H,14,15)(H,16,17). The van der Waals surface area contributed by atoms with Crippen LogP contribution in [0.1, 0.15) is 23.2 Å². The van der Waals surface area contributed by atoms with E-state index in [0.717, 1.165) is 12.8 Å². The first-order chi connectivity index (χ1) is 9.10. The lowest BCUT2D eigenvalue weighted by Gasteiger charge is -2.10. The molecule has 1 aliphatic carbocycles. The van der Waals surface area contributed by atoms with Gasteiger partial charge in [-0.2, -0.15) is 0 Å². The molecule has 1 amide bonds. The number of carbonyl (C=O) groups excluding carboxylic acids is 1. The number of carbonyl (C=O) groups is 2. The van der Waals surface area contributed by atoms with Crippen LogP contribution < -0.4 is 14.8 Å². The van der Waals surface area contributed by atoms with Gasteiger partial charge in [0.15, 0.2) is 6.61 Å². The van der Waals surface area contributed by atoms with Gasteiger partial charge in [-0.3, -0.25) is 4.79 Å². The molecule has 2 N–H and O–H groups in total. The highest BCUT2D eigenvalue weighted by atomic mass is 16.5. The van der Waals surface area contributed by atoms with Gasteiger partial charge in [0.1, 0.15) is 17.1 Å².